The maximum Gasteiger partial charge on any atom is 0.253 e. The topological polar surface area (TPSA) is 49.4 Å². The molecule has 0 saturated carbocycles. The van der Waals surface area contributed by atoms with Crippen LogP contribution in [0.5, 0.6) is 0 Å². The van der Waals surface area contributed by atoms with Crippen molar-refractivity contribution in [2.45, 2.75) is 26.7 Å². The zero-order valence-corrected chi connectivity index (χ0v) is 15.8. The van der Waals surface area contributed by atoms with Crippen molar-refractivity contribution >= 4 is 29.1 Å². The first-order valence-electron chi connectivity index (χ1n) is 8.87. The molecule has 0 aliphatic carbocycles. The van der Waals surface area contributed by atoms with Crippen LogP contribution in [-0.4, -0.2) is 29.8 Å². The molecule has 0 bridgehead atoms. The smallest absolute Gasteiger partial charge is 0.253 e. The Morgan fingerprint density at radius 3 is 2.35 bits per heavy atom. The van der Waals surface area contributed by atoms with Crippen LogP contribution < -0.4 is 5.32 Å². The molecule has 2 aromatic carbocycles. The minimum absolute atomic E-state index is 0.00204. The van der Waals surface area contributed by atoms with Gasteiger partial charge in [-0.3, -0.25) is 9.59 Å². The van der Waals surface area contributed by atoms with Gasteiger partial charge in [-0.05, 0) is 56.5 Å². The number of nitrogens with one attached hydrogen (secondary N) is 1. The molecule has 4 nitrogen and oxygen atoms in total. The molecular weight excluding hydrogens is 348 g/mol. The second kappa shape index (κ2) is 7.92. The van der Waals surface area contributed by atoms with Crippen LogP contribution in [-0.2, 0) is 4.79 Å². The fraction of sp³-hybridized carbons (Fsp3) is 0.333. The lowest BCUT2D eigenvalue weighted by Gasteiger charge is -2.31. The molecule has 5 heteroatoms. The summed E-state index contributed by atoms with van der Waals surface area (Å²) in [5, 5.41) is 3.62. The fourth-order valence-electron chi connectivity index (χ4n) is 3.20. The lowest BCUT2D eigenvalue weighted by Crippen LogP contribution is -2.41. The van der Waals surface area contributed by atoms with Crippen LogP contribution in [0.1, 0.15) is 34.3 Å². The summed E-state index contributed by atoms with van der Waals surface area (Å²) in [5.41, 5.74) is 3.46. The van der Waals surface area contributed by atoms with Crippen molar-refractivity contribution in [1.82, 2.24) is 4.90 Å². The van der Waals surface area contributed by atoms with Crippen molar-refractivity contribution in [1.29, 1.82) is 0 Å². The van der Waals surface area contributed by atoms with Crippen LogP contribution >= 0.6 is 11.6 Å². The largest absolute Gasteiger partial charge is 0.339 e. The fourth-order valence-corrected chi connectivity index (χ4v) is 3.38. The number of hydrogen-bond acceptors (Lipinski definition) is 2. The normalized spacial score (nSPS) is 15.0. The molecular formula is C21H23ClN2O2. The molecule has 2 amide bonds. The van der Waals surface area contributed by atoms with Gasteiger partial charge in [-0.2, -0.15) is 0 Å². The average molecular weight is 371 g/mol. The van der Waals surface area contributed by atoms with Gasteiger partial charge in [0.1, 0.15) is 0 Å². The Balaban J connectivity index is 1.57. The van der Waals surface area contributed by atoms with Crippen LogP contribution in [0.2, 0.25) is 5.02 Å². The highest BCUT2D eigenvalue weighted by molar-refractivity contribution is 6.31. The third-order valence-corrected chi connectivity index (χ3v) is 5.39. The number of aryl methyl sites for hydroxylation is 1. The highest BCUT2D eigenvalue weighted by atomic mass is 35.5. The second-order valence-electron chi connectivity index (χ2n) is 6.83. The summed E-state index contributed by atoms with van der Waals surface area (Å²) < 4.78 is 0. The summed E-state index contributed by atoms with van der Waals surface area (Å²) >= 11 is 6.11. The van der Waals surface area contributed by atoms with E-state index in [0.717, 1.165) is 16.8 Å². The number of carbonyl (C=O) groups is 2. The van der Waals surface area contributed by atoms with Gasteiger partial charge < -0.3 is 10.2 Å². The summed E-state index contributed by atoms with van der Waals surface area (Å²) in [6, 6.07) is 13.1. The van der Waals surface area contributed by atoms with E-state index in [-0.39, 0.29) is 17.7 Å². The molecule has 1 fully saturated rings. The highest BCUT2D eigenvalue weighted by Crippen LogP contribution is 2.25. The van der Waals surface area contributed by atoms with Crippen molar-refractivity contribution in [3.05, 3.63) is 64.2 Å². The minimum Gasteiger partial charge on any atom is -0.339 e. The number of piperidine rings is 1. The summed E-state index contributed by atoms with van der Waals surface area (Å²) in [5.74, 6) is -0.0530. The number of benzene rings is 2. The van der Waals surface area contributed by atoms with Gasteiger partial charge in [-0.15, -0.1) is 0 Å². The van der Waals surface area contributed by atoms with Gasteiger partial charge in [0, 0.05) is 35.3 Å². The molecule has 136 valence electrons. The summed E-state index contributed by atoms with van der Waals surface area (Å²) in [4.78, 5) is 27.0. The molecule has 2 aromatic rings. The number of nitrogens with zero attached hydrogens (tertiary/aromatic N) is 1. The Kier molecular flexibility index (Phi) is 5.62. The minimum atomic E-state index is -0.0875. The van der Waals surface area contributed by atoms with Gasteiger partial charge >= 0.3 is 0 Å². The van der Waals surface area contributed by atoms with E-state index in [1.807, 2.05) is 61.2 Å². The molecule has 0 unspecified atom stereocenters. The van der Waals surface area contributed by atoms with Gasteiger partial charge in [0.25, 0.3) is 5.91 Å². The first kappa shape index (κ1) is 18.5. The van der Waals surface area contributed by atoms with Gasteiger partial charge in [0.2, 0.25) is 5.91 Å². The number of anilines is 1. The molecule has 0 radical (unpaired) electrons. The van der Waals surface area contributed by atoms with E-state index in [0.29, 0.717) is 36.5 Å². The van der Waals surface area contributed by atoms with Gasteiger partial charge in [0.15, 0.2) is 0 Å². The van der Waals surface area contributed by atoms with E-state index < -0.39 is 0 Å². The van der Waals surface area contributed by atoms with Crippen LogP contribution in [0, 0.1) is 19.8 Å². The number of carbonyl (C=O) groups excluding carboxylic acids is 2. The number of hydrogen-bond donors (Lipinski definition) is 1. The number of amides is 2. The zero-order chi connectivity index (χ0) is 18.7. The highest BCUT2D eigenvalue weighted by Gasteiger charge is 2.28. The number of rotatable bonds is 3. The first-order chi connectivity index (χ1) is 12.5. The summed E-state index contributed by atoms with van der Waals surface area (Å²) in [7, 11) is 0. The standard InChI is InChI=1S/C21H23ClN2O2/c1-14-6-8-17(9-7-14)21(26)24-12-10-16(11-13-24)20(25)23-19-5-3-4-18(22)15(19)2/h3-9,16H,10-13H2,1-2H3,(H,23,25). The Hall–Kier alpha value is -2.33. The number of halogens is 1. The zero-order valence-electron chi connectivity index (χ0n) is 15.1. The second-order valence-corrected chi connectivity index (χ2v) is 7.24. The van der Waals surface area contributed by atoms with E-state index in [2.05, 4.69) is 5.32 Å². The Morgan fingerprint density at radius 1 is 1.04 bits per heavy atom. The lowest BCUT2D eigenvalue weighted by atomic mass is 9.95. The molecule has 0 spiro atoms. The van der Waals surface area contributed by atoms with Crippen molar-refractivity contribution < 1.29 is 9.59 Å². The molecule has 1 aliphatic rings. The maximum absolute atomic E-state index is 12.6. The van der Waals surface area contributed by atoms with E-state index in [9.17, 15) is 9.59 Å². The molecule has 1 saturated heterocycles. The van der Waals surface area contributed by atoms with E-state index in [1.165, 1.54) is 0 Å². The Bertz CT molecular complexity index is 809. The molecule has 1 heterocycles. The van der Waals surface area contributed by atoms with E-state index in [1.54, 1.807) is 0 Å². The van der Waals surface area contributed by atoms with Crippen LogP contribution in [0.25, 0.3) is 0 Å². The van der Waals surface area contributed by atoms with Crippen molar-refractivity contribution in [3.63, 3.8) is 0 Å². The third-order valence-electron chi connectivity index (χ3n) is 4.98. The summed E-state index contributed by atoms with van der Waals surface area (Å²) in [6.07, 6.45) is 1.34. The predicted molar refractivity (Wildman–Crippen MR) is 105 cm³/mol. The van der Waals surface area contributed by atoms with Crippen molar-refractivity contribution in [3.8, 4) is 0 Å². The van der Waals surface area contributed by atoms with Crippen LogP contribution in [0.15, 0.2) is 42.5 Å². The molecule has 1 N–H and O–H groups in total. The number of likely N-dealkylation sites (tertiary alicyclic amines) is 1. The van der Waals surface area contributed by atoms with Gasteiger partial charge in [-0.25, -0.2) is 0 Å². The Labute approximate surface area is 159 Å². The quantitative estimate of drug-likeness (QED) is 0.867. The molecule has 1 aliphatic heterocycles. The van der Waals surface area contributed by atoms with Gasteiger partial charge in [-0.1, -0.05) is 35.4 Å². The molecule has 26 heavy (non-hydrogen) atoms. The average Bonchev–Trinajstić information content (AvgIpc) is 2.65. The van der Waals surface area contributed by atoms with Crippen molar-refractivity contribution in [2.75, 3.05) is 18.4 Å². The Morgan fingerprint density at radius 2 is 1.69 bits per heavy atom. The van der Waals surface area contributed by atoms with Crippen LogP contribution in [0.4, 0.5) is 5.69 Å². The first-order valence-corrected chi connectivity index (χ1v) is 9.25. The van der Waals surface area contributed by atoms with Crippen LogP contribution in [0.3, 0.4) is 0 Å². The summed E-state index contributed by atoms with van der Waals surface area (Å²) in [6.45, 7) is 5.08. The predicted octanol–water partition coefficient (Wildman–Crippen LogP) is 4.45. The van der Waals surface area contributed by atoms with Gasteiger partial charge in [0.05, 0.1) is 0 Å². The molecule has 0 aromatic heterocycles. The lowest BCUT2D eigenvalue weighted by molar-refractivity contribution is -0.121. The molecule has 3 rings (SSSR count). The van der Waals surface area contributed by atoms with Crippen molar-refractivity contribution in [2.24, 2.45) is 5.92 Å². The van der Waals surface area contributed by atoms with E-state index in [4.69, 9.17) is 11.6 Å². The van der Waals surface area contributed by atoms with E-state index >= 15 is 0 Å². The molecule has 0 atom stereocenters. The SMILES string of the molecule is Cc1ccc(C(=O)N2CCC(C(=O)Nc3cccc(Cl)c3C)CC2)cc1. The maximum atomic E-state index is 12.6. The third kappa shape index (κ3) is 4.07. The monoisotopic (exact) mass is 370 g/mol.